The molecule has 9 nitrogen and oxygen atoms in total. The lowest BCUT2D eigenvalue weighted by Crippen LogP contribution is -2.49. The van der Waals surface area contributed by atoms with Gasteiger partial charge in [0.25, 0.3) is 5.91 Å². The molecule has 4 heterocycles. The highest BCUT2D eigenvalue weighted by atomic mass is 16.2. The van der Waals surface area contributed by atoms with E-state index in [0.29, 0.717) is 18.9 Å². The summed E-state index contributed by atoms with van der Waals surface area (Å²) in [6, 6.07) is 4.00. The Labute approximate surface area is 176 Å². The van der Waals surface area contributed by atoms with Crippen molar-refractivity contribution in [2.45, 2.75) is 34.6 Å². The van der Waals surface area contributed by atoms with Crippen molar-refractivity contribution in [3.05, 3.63) is 46.3 Å². The summed E-state index contributed by atoms with van der Waals surface area (Å²) in [6.07, 6.45) is 0. The van der Waals surface area contributed by atoms with Crippen LogP contribution < -0.4 is 4.90 Å². The number of piperazine rings is 1. The number of nitrogens with zero attached hydrogens (tertiary/aromatic N) is 8. The molecule has 0 unspecified atom stereocenters. The highest BCUT2D eigenvalue weighted by molar-refractivity contribution is 5.96. The van der Waals surface area contributed by atoms with E-state index in [9.17, 15) is 4.79 Å². The molecule has 1 amide bonds. The lowest BCUT2D eigenvalue weighted by atomic mass is 10.1. The van der Waals surface area contributed by atoms with Gasteiger partial charge < -0.3 is 9.80 Å². The number of aromatic nitrogens is 6. The first-order valence-corrected chi connectivity index (χ1v) is 10.2. The third kappa shape index (κ3) is 3.55. The SMILES string of the molecule is Cc1cc(C)n(-c2cc(N3CCN(C(=O)c4c(C)nn(C)c4C)CC3)nc(C)n2)n1. The summed E-state index contributed by atoms with van der Waals surface area (Å²) in [5.74, 6) is 2.39. The largest absolute Gasteiger partial charge is 0.353 e. The zero-order valence-electron chi connectivity index (χ0n) is 18.5. The minimum absolute atomic E-state index is 0.0555. The van der Waals surface area contributed by atoms with E-state index >= 15 is 0 Å². The van der Waals surface area contributed by atoms with Crippen LogP contribution in [0.25, 0.3) is 5.82 Å². The van der Waals surface area contributed by atoms with Crippen LogP contribution in [-0.4, -0.2) is 66.5 Å². The Balaban J connectivity index is 1.52. The van der Waals surface area contributed by atoms with E-state index in [4.69, 9.17) is 0 Å². The zero-order valence-corrected chi connectivity index (χ0v) is 18.5. The smallest absolute Gasteiger partial charge is 0.257 e. The molecule has 30 heavy (non-hydrogen) atoms. The number of amides is 1. The third-order valence-electron chi connectivity index (χ3n) is 5.65. The Morgan fingerprint density at radius 1 is 0.900 bits per heavy atom. The Kier molecular flexibility index (Phi) is 5.05. The predicted octanol–water partition coefficient (Wildman–Crippen LogP) is 1.90. The lowest BCUT2D eigenvalue weighted by Gasteiger charge is -2.35. The van der Waals surface area contributed by atoms with Crippen molar-refractivity contribution in [1.29, 1.82) is 0 Å². The van der Waals surface area contributed by atoms with E-state index in [1.165, 1.54) is 0 Å². The van der Waals surface area contributed by atoms with Crippen molar-refractivity contribution in [3.8, 4) is 5.82 Å². The molecule has 0 aliphatic carbocycles. The molecular formula is C21H28N8O. The second-order valence-corrected chi connectivity index (χ2v) is 7.92. The Hall–Kier alpha value is -3.23. The Bertz CT molecular complexity index is 1100. The molecule has 0 radical (unpaired) electrons. The van der Waals surface area contributed by atoms with Crippen LogP contribution >= 0.6 is 0 Å². The summed E-state index contributed by atoms with van der Waals surface area (Å²) >= 11 is 0. The van der Waals surface area contributed by atoms with E-state index in [0.717, 1.165) is 53.1 Å². The quantitative estimate of drug-likeness (QED) is 0.658. The Morgan fingerprint density at radius 3 is 2.13 bits per heavy atom. The number of hydrogen-bond acceptors (Lipinski definition) is 6. The van der Waals surface area contributed by atoms with Crippen LogP contribution in [-0.2, 0) is 7.05 Å². The average molecular weight is 409 g/mol. The summed E-state index contributed by atoms with van der Waals surface area (Å²) in [5.41, 5.74) is 4.40. The number of carbonyl (C=O) groups excluding carboxylic acids is 1. The highest BCUT2D eigenvalue weighted by Gasteiger charge is 2.27. The van der Waals surface area contributed by atoms with Gasteiger partial charge in [-0.05, 0) is 40.7 Å². The monoisotopic (exact) mass is 408 g/mol. The maximum Gasteiger partial charge on any atom is 0.257 e. The van der Waals surface area contributed by atoms with Crippen LogP contribution in [0, 0.1) is 34.6 Å². The van der Waals surface area contributed by atoms with Crippen molar-refractivity contribution in [1.82, 2.24) is 34.4 Å². The van der Waals surface area contributed by atoms with Crippen LogP contribution in [0.1, 0.15) is 39.0 Å². The number of carbonyl (C=O) groups is 1. The topological polar surface area (TPSA) is 85.0 Å². The van der Waals surface area contributed by atoms with Gasteiger partial charge >= 0.3 is 0 Å². The normalized spacial score (nSPS) is 14.5. The molecule has 0 bridgehead atoms. The summed E-state index contributed by atoms with van der Waals surface area (Å²) < 4.78 is 3.62. The first-order valence-electron chi connectivity index (χ1n) is 10.2. The van der Waals surface area contributed by atoms with E-state index in [1.807, 2.05) is 63.4 Å². The lowest BCUT2D eigenvalue weighted by molar-refractivity contribution is 0.0745. The third-order valence-corrected chi connectivity index (χ3v) is 5.65. The molecule has 158 valence electrons. The van der Waals surface area contributed by atoms with Gasteiger partial charge in [-0.25, -0.2) is 14.6 Å². The first kappa shape index (κ1) is 20.1. The molecule has 1 fully saturated rings. The van der Waals surface area contributed by atoms with E-state index in [2.05, 4.69) is 25.1 Å². The number of aryl methyl sites for hydroxylation is 5. The fourth-order valence-corrected chi connectivity index (χ4v) is 4.05. The van der Waals surface area contributed by atoms with Crippen LogP contribution in [0.15, 0.2) is 12.1 Å². The molecule has 9 heteroatoms. The fourth-order valence-electron chi connectivity index (χ4n) is 4.05. The highest BCUT2D eigenvalue weighted by Crippen LogP contribution is 2.21. The molecule has 0 saturated carbocycles. The molecule has 1 aliphatic heterocycles. The van der Waals surface area contributed by atoms with E-state index < -0.39 is 0 Å². The number of hydrogen-bond donors (Lipinski definition) is 0. The second-order valence-electron chi connectivity index (χ2n) is 7.92. The van der Waals surface area contributed by atoms with Gasteiger partial charge in [-0.15, -0.1) is 0 Å². The van der Waals surface area contributed by atoms with Gasteiger partial charge in [-0.1, -0.05) is 0 Å². The zero-order chi connectivity index (χ0) is 21.6. The minimum Gasteiger partial charge on any atom is -0.353 e. The minimum atomic E-state index is 0.0555. The van der Waals surface area contributed by atoms with E-state index in [-0.39, 0.29) is 5.91 Å². The molecule has 3 aromatic heterocycles. The molecule has 4 rings (SSSR count). The van der Waals surface area contributed by atoms with Gasteiger partial charge in [0, 0.05) is 50.7 Å². The van der Waals surface area contributed by atoms with Gasteiger partial charge in [0.2, 0.25) is 0 Å². The molecule has 0 aromatic carbocycles. The predicted molar refractivity (Wildman–Crippen MR) is 114 cm³/mol. The fraction of sp³-hybridized carbons (Fsp3) is 0.476. The molecule has 1 aliphatic rings. The van der Waals surface area contributed by atoms with Gasteiger partial charge in [0.15, 0.2) is 5.82 Å². The molecule has 3 aromatic rings. The van der Waals surface area contributed by atoms with Crippen molar-refractivity contribution in [2.75, 3.05) is 31.1 Å². The van der Waals surface area contributed by atoms with Crippen LogP contribution in [0.2, 0.25) is 0 Å². The summed E-state index contributed by atoms with van der Waals surface area (Å²) in [7, 11) is 1.87. The Morgan fingerprint density at radius 2 is 1.57 bits per heavy atom. The molecule has 0 spiro atoms. The van der Waals surface area contributed by atoms with Crippen molar-refractivity contribution in [3.63, 3.8) is 0 Å². The second kappa shape index (κ2) is 7.55. The van der Waals surface area contributed by atoms with Crippen molar-refractivity contribution >= 4 is 11.7 Å². The van der Waals surface area contributed by atoms with Crippen LogP contribution in [0.4, 0.5) is 5.82 Å². The number of anilines is 1. The van der Waals surface area contributed by atoms with Crippen molar-refractivity contribution in [2.24, 2.45) is 7.05 Å². The van der Waals surface area contributed by atoms with Crippen LogP contribution in [0.3, 0.4) is 0 Å². The maximum absolute atomic E-state index is 13.0. The van der Waals surface area contributed by atoms with Gasteiger partial charge in [-0.2, -0.15) is 10.2 Å². The molecule has 1 saturated heterocycles. The standard InChI is InChI=1S/C21H28N8O/c1-13-11-14(2)29(24-13)19-12-18(22-17(5)23-19)27-7-9-28(10-8-27)21(30)20-15(3)25-26(6)16(20)4/h11-12H,7-10H2,1-6H3. The van der Waals surface area contributed by atoms with Gasteiger partial charge in [0.05, 0.1) is 17.0 Å². The van der Waals surface area contributed by atoms with Gasteiger partial charge in [0.1, 0.15) is 11.6 Å². The number of rotatable bonds is 3. The summed E-state index contributed by atoms with van der Waals surface area (Å²) in [5, 5.41) is 8.92. The average Bonchev–Trinajstić information content (AvgIpc) is 3.17. The van der Waals surface area contributed by atoms with E-state index in [1.54, 1.807) is 4.68 Å². The molecular weight excluding hydrogens is 380 g/mol. The van der Waals surface area contributed by atoms with Gasteiger partial charge in [-0.3, -0.25) is 9.48 Å². The molecule has 0 atom stereocenters. The van der Waals surface area contributed by atoms with Crippen molar-refractivity contribution < 1.29 is 4.79 Å². The molecule has 0 N–H and O–H groups in total. The summed E-state index contributed by atoms with van der Waals surface area (Å²) in [4.78, 5) is 26.4. The maximum atomic E-state index is 13.0. The van der Waals surface area contributed by atoms with Crippen LogP contribution in [0.5, 0.6) is 0 Å². The summed E-state index contributed by atoms with van der Waals surface area (Å²) in [6.45, 7) is 12.4. The first-order chi connectivity index (χ1) is 14.2.